The number of ether oxygens (including phenoxy) is 1. The number of carbonyl (C=O) groups excluding carboxylic acids is 1. The van der Waals surface area contributed by atoms with Gasteiger partial charge in [0.1, 0.15) is 11.6 Å². The highest BCUT2D eigenvalue weighted by molar-refractivity contribution is 7.16. The van der Waals surface area contributed by atoms with E-state index in [4.69, 9.17) is 11.2 Å². The normalized spacial score (nSPS) is 11.5. The third kappa shape index (κ3) is 3.62. The van der Waals surface area contributed by atoms with Crippen molar-refractivity contribution in [2.45, 2.75) is 13.5 Å². The average Bonchev–Trinajstić information content (AvgIpc) is 2.92. The van der Waals surface area contributed by atoms with E-state index in [1.807, 2.05) is 25.1 Å². The third-order valence-electron chi connectivity index (χ3n) is 3.48. The third-order valence-corrected chi connectivity index (χ3v) is 4.52. The van der Waals surface area contributed by atoms with E-state index in [0.717, 1.165) is 22.0 Å². The van der Waals surface area contributed by atoms with E-state index >= 15 is 0 Å². The molecule has 0 aliphatic heterocycles. The second kappa shape index (κ2) is 7.32. The molecule has 0 N–H and O–H groups in total. The van der Waals surface area contributed by atoms with Crippen LogP contribution in [0.4, 0.5) is 4.39 Å². The van der Waals surface area contributed by atoms with Crippen LogP contribution in [0.1, 0.15) is 17.3 Å². The van der Waals surface area contributed by atoms with Crippen molar-refractivity contribution >= 4 is 27.5 Å². The van der Waals surface area contributed by atoms with Crippen molar-refractivity contribution in [1.29, 1.82) is 0 Å². The van der Waals surface area contributed by atoms with Gasteiger partial charge in [0.05, 0.1) is 23.4 Å². The van der Waals surface area contributed by atoms with Gasteiger partial charge in [0.25, 0.3) is 5.91 Å². The molecule has 2 aromatic carbocycles. The second-order valence-corrected chi connectivity index (χ2v) is 6.17. The molecule has 1 amide bonds. The zero-order valence-electron chi connectivity index (χ0n) is 13.5. The predicted octanol–water partition coefficient (Wildman–Crippen LogP) is 3.61. The number of halogens is 1. The molecule has 4 nitrogen and oxygen atoms in total. The van der Waals surface area contributed by atoms with Gasteiger partial charge in [-0.15, -0.1) is 6.42 Å². The van der Waals surface area contributed by atoms with Crippen LogP contribution >= 0.6 is 11.3 Å². The Balaban J connectivity index is 2.12. The molecule has 0 unspecified atom stereocenters. The molecule has 0 spiro atoms. The highest BCUT2D eigenvalue weighted by Crippen LogP contribution is 2.23. The molecule has 0 fully saturated rings. The molecular weight excluding hydrogens is 339 g/mol. The first kappa shape index (κ1) is 16.9. The summed E-state index contributed by atoms with van der Waals surface area (Å²) in [5.41, 5.74) is 1.07. The fourth-order valence-corrected chi connectivity index (χ4v) is 3.47. The zero-order chi connectivity index (χ0) is 17.8. The summed E-state index contributed by atoms with van der Waals surface area (Å²) in [6, 6.07) is 11.1. The second-order valence-electron chi connectivity index (χ2n) is 5.16. The summed E-state index contributed by atoms with van der Waals surface area (Å²) in [5, 5.41) is 0. The van der Waals surface area contributed by atoms with Gasteiger partial charge in [0.2, 0.25) is 0 Å². The van der Waals surface area contributed by atoms with Gasteiger partial charge < -0.3 is 9.30 Å². The number of carbonyl (C=O) groups is 1. The van der Waals surface area contributed by atoms with Crippen molar-refractivity contribution in [1.82, 2.24) is 4.57 Å². The first-order chi connectivity index (χ1) is 12.1. The molecule has 0 saturated carbocycles. The minimum Gasteiger partial charge on any atom is -0.494 e. The van der Waals surface area contributed by atoms with Gasteiger partial charge in [-0.25, -0.2) is 4.39 Å². The minimum absolute atomic E-state index is 0.194. The summed E-state index contributed by atoms with van der Waals surface area (Å²) in [5.74, 6) is 2.33. The molecule has 6 heteroatoms. The molecule has 1 aromatic heterocycles. The molecule has 0 saturated heterocycles. The van der Waals surface area contributed by atoms with E-state index in [-0.39, 0.29) is 12.1 Å². The van der Waals surface area contributed by atoms with Crippen LogP contribution < -0.4 is 9.54 Å². The van der Waals surface area contributed by atoms with E-state index in [2.05, 4.69) is 10.9 Å². The Morgan fingerprint density at radius 2 is 2.20 bits per heavy atom. The minimum atomic E-state index is -0.512. The van der Waals surface area contributed by atoms with Gasteiger partial charge in [-0.2, -0.15) is 4.99 Å². The molecule has 0 aliphatic rings. The zero-order valence-corrected chi connectivity index (χ0v) is 14.3. The van der Waals surface area contributed by atoms with Gasteiger partial charge in [-0.1, -0.05) is 23.3 Å². The highest BCUT2D eigenvalue weighted by Gasteiger charge is 2.10. The fourth-order valence-electron chi connectivity index (χ4n) is 2.41. The lowest BCUT2D eigenvalue weighted by molar-refractivity contribution is 0.0997. The molecule has 0 atom stereocenters. The van der Waals surface area contributed by atoms with Crippen LogP contribution in [0.25, 0.3) is 10.2 Å². The number of amides is 1. The SMILES string of the molecule is C#CCn1c(=NC(=O)c2cccc(F)c2)sc2cc(OCC)ccc21. The van der Waals surface area contributed by atoms with Crippen LogP contribution in [0, 0.1) is 18.2 Å². The van der Waals surface area contributed by atoms with Crippen molar-refractivity contribution < 1.29 is 13.9 Å². The molecule has 0 radical (unpaired) electrons. The quantitative estimate of drug-likeness (QED) is 0.672. The maximum atomic E-state index is 13.3. The molecule has 0 aliphatic carbocycles. The molecular formula is C19H15FN2O2S. The van der Waals surface area contributed by atoms with E-state index in [0.29, 0.717) is 11.4 Å². The Kier molecular flexibility index (Phi) is 4.96. The summed E-state index contributed by atoms with van der Waals surface area (Å²) in [6.45, 7) is 2.76. The molecule has 25 heavy (non-hydrogen) atoms. The first-order valence-electron chi connectivity index (χ1n) is 7.66. The van der Waals surface area contributed by atoms with Crippen LogP contribution in [0.15, 0.2) is 47.5 Å². The highest BCUT2D eigenvalue weighted by atomic mass is 32.1. The number of thiazole rings is 1. The Hall–Kier alpha value is -2.91. The van der Waals surface area contributed by atoms with Gasteiger partial charge in [0, 0.05) is 5.56 Å². The number of terminal acetylenes is 1. The standard InChI is InChI=1S/C19H15FN2O2S/c1-3-10-22-16-9-8-15(24-4-2)12-17(16)25-19(22)21-18(23)13-6-5-7-14(20)11-13/h1,5-9,11-12H,4,10H2,2H3. The summed E-state index contributed by atoms with van der Waals surface area (Å²) in [7, 11) is 0. The monoisotopic (exact) mass is 354 g/mol. The molecule has 3 rings (SSSR count). The Labute approximate surface area is 148 Å². The largest absolute Gasteiger partial charge is 0.494 e. The van der Waals surface area contributed by atoms with Crippen molar-refractivity contribution in [3.63, 3.8) is 0 Å². The number of nitrogens with zero attached hydrogens (tertiary/aromatic N) is 2. The average molecular weight is 354 g/mol. The van der Waals surface area contributed by atoms with Gasteiger partial charge in [0.15, 0.2) is 4.80 Å². The van der Waals surface area contributed by atoms with E-state index in [9.17, 15) is 9.18 Å². The van der Waals surface area contributed by atoms with Crippen molar-refractivity contribution in [3.8, 4) is 18.1 Å². The Morgan fingerprint density at radius 1 is 1.36 bits per heavy atom. The number of hydrogen-bond acceptors (Lipinski definition) is 3. The van der Waals surface area contributed by atoms with Gasteiger partial charge >= 0.3 is 0 Å². The molecule has 0 bridgehead atoms. The van der Waals surface area contributed by atoms with E-state index < -0.39 is 11.7 Å². The van der Waals surface area contributed by atoms with Crippen molar-refractivity contribution in [2.75, 3.05) is 6.61 Å². The maximum Gasteiger partial charge on any atom is 0.279 e. The Bertz CT molecular complexity index is 1040. The predicted molar refractivity (Wildman–Crippen MR) is 96.1 cm³/mol. The fraction of sp³-hybridized carbons (Fsp3) is 0.158. The number of fused-ring (bicyclic) bond motifs is 1. The summed E-state index contributed by atoms with van der Waals surface area (Å²) in [6.07, 6.45) is 5.45. The van der Waals surface area contributed by atoms with E-state index in [1.54, 1.807) is 4.57 Å². The summed E-state index contributed by atoms with van der Waals surface area (Å²) >= 11 is 1.34. The lowest BCUT2D eigenvalue weighted by Crippen LogP contribution is -2.16. The van der Waals surface area contributed by atoms with Crippen LogP contribution in [0.5, 0.6) is 5.75 Å². The topological polar surface area (TPSA) is 43.6 Å². The smallest absolute Gasteiger partial charge is 0.279 e. The summed E-state index contributed by atoms with van der Waals surface area (Å²) < 4.78 is 21.5. The van der Waals surface area contributed by atoms with Crippen molar-refractivity contribution in [3.05, 3.63) is 58.6 Å². The van der Waals surface area contributed by atoms with Crippen LogP contribution in [-0.4, -0.2) is 17.1 Å². The lowest BCUT2D eigenvalue weighted by Gasteiger charge is -2.03. The van der Waals surface area contributed by atoms with Gasteiger partial charge in [-0.05, 0) is 43.3 Å². The lowest BCUT2D eigenvalue weighted by atomic mass is 10.2. The van der Waals surface area contributed by atoms with Crippen LogP contribution in [0.3, 0.4) is 0 Å². The molecule has 1 heterocycles. The summed E-state index contributed by atoms with van der Waals surface area (Å²) in [4.78, 5) is 17.0. The van der Waals surface area contributed by atoms with Crippen LogP contribution in [0.2, 0.25) is 0 Å². The van der Waals surface area contributed by atoms with E-state index in [1.165, 1.54) is 29.5 Å². The number of hydrogen-bond donors (Lipinski definition) is 0. The van der Waals surface area contributed by atoms with Gasteiger partial charge in [-0.3, -0.25) is 4.79 Å². The Morgan fingerprint density at radius 3 is 2.92 bits per heavy atom. The molecule has 126 valence electrons. The number of aromatic nitrogens is 1. The first-order valence-corrected chi connectivity index (χ1v) is 8.48. The van der Waals surface area contributed by atoms with Crippen molar-refractivity contribution in [2.24, 2.45) is 4.99 Å². The number of rotatable bonds is 4. The number of benzene rings is 2. The maximum absolute atomic E-state index is 13.3. The molecule has 3 aromatic rings. The van der Waals surface area contributed by atoms with Crippen LogP contribution in [-0.2, 0) is 6.54 Å².